The first-order valence-electron chi connectivity index (χ1n) is 7.59. The number of nitrogens with two attached hydrogens (primary N) is 1. The lowest BCUT2D eigenvalue weighted by Gasteiger charge is -2.47. The minimum Gasteiger partial charge on any atom is -0.366 e. The molecule has 1 fully saturated rings. The van der Waals surface area contributed by atoms with Gasteiger partial charge in [-0.1, -0.05) is 20.8 Å². The van der Waals surface area contributed by atoms with Crippen molar-refractivity contribution >= 4 is 16.5 Å². The standard InChI is InChI=1S/C16H29N3OS/c1-14(2,3)12-11(8-17)21-13(18-12)19-9-15(4,5)20-16(6,7)10-19/h8-10,17H2,1-7H3. The molecular weight excluding hydrogens is 282 g/mol. The van der Waals surface area contributed by atoms with Gasteiger partial charge in [0.15, 0.2) is 5.13 Å². The lowest BCUT2D eigenvalue weighted by molar-refractivity contribution is -0.133. The van der Waals surface area contributed by atoms with Crippen molar-refractivity contribution in [1.82, 2.24) is 4.98 Å². The molecule has 4 nitrogen and oxygen atoms in total. The molecule has 1 aromatic rings. The van der Waals surface area contributed by atoms with Gasteiger partial charge in [-0.3, -0.25) is 0 Å². The number of morpholine rings is 1. The number of nitrogens with zero attached hydrogens (tertiary/aromatic N) is 2. The normalized spacial score (nSPS) is 21.6. The Morgan fingerprint density at radius 2 is 1.71 bits per heavy atom. The lowest BCUT2D eigenvalue weighted by atomic mass is 9.91. The van der Waals surface area contributed by atoms with E-state index in [4.69, 9.17) is 15.5 Å². The van der Waals surface area contributed by atoms with Crippen LogP contribution in [0.3, 0.4) is 0 Å². The molecule has 120 valence electrons. The predicted molar refractivity (Wildman–Crippen MR) is 90.2 cm³/mol. The number of hydrogen-bond acceptors (Lipinski definition) is 5. The van der Waals surface area contributed by atoms with E-state index in [2.05, 4.69) is 53.4 Å². The fraction of sp³-hybridized carbons (Fsp3) is 0.812. The second-order valence-corrected chi connectivity index (χ2v) is 9.26. The van der Waals surface area contributed by atoms with E-state index in [0.29, 0.717) is 6.54 Å². The first-order chi connectivity index (χ1) is 9.43. The van der Waals surface area contributed by atoms with Crippen LogP contribution in [0.5, 0.6) is 0 Å². The second-order valence-electron chi connectivity index (χ2n) is 8.20. The van der Waals surface area contributed by atoms with E-state index in [9.17, 15) is 0 Å². The minimum absolute atomic E-state index is 0.0285. The van der Waals surface area contributed by atoms with Crippen LogP contribution in [-0.4, -0.2) is 29.3 Å². The summed E-state index contributed by atoms with van der Waals surface area (Å²) in [6.07, 6.45) is 0. The Bertz CT molecular complexity index is 498. The predicted octanol–water partition coefficient (Wildman–Crippen LogP) is 3.29. The third kappa shape index (κ3) is 3.76. The maximum Gasteiger partial charge on any atom is 0.186 e. The second kappa shape index (κ2) is 5.21. The molecule has 5 heteroatoms. The van der Waals surface area contributed by atoms with Gasteiger partial charge in [-0.15, -0.1) is 11.3 Å². The molecule has 0 amide bonds. The molecule has 0 radical (unpaired) electrons. The van der Waals surface area contributed by atoms with Gasteiger partial charge in [-0.05, 0) is 27.7 Å². The molecule has 0 unspecified atom stereocenters. The Labute approximate surface area is 132 Å². The number of ether oxygens (including phenoxy) is 1. The van der Waals surface area contributed by atoms with E-state index in [1.807, 2.05) is 0 Å². The Hall–Kier alpha value is -0.650. The van der Waals surface area contributed by atoms with E-state index < -0.39 is 0 Å². The summed E-state index contributed by atoms with van der Waals surface area (Å²) in [6, 6.07) is 0. The van der Waals surface area contributed by atoms with Crippen molar-refractivity contribution in [1.29, 1.82) is 0 Å². The van der Waals surface area contributed by atoms with Gasteiger partial charge in [0.2, 0.25) is 0 Å². The first kappa shape index (κ1) is 16.7. The van der Waals surface area contributed by atoms with Crippen LogP contribution in [-0.2, 0) is 16.7 Å². The summed E-state index contributed by atoms with van der Waals surface area (Å²) >= 11 is 1.73. The van der Waals surface area contributed by atoms with E-state index in [1.165, 1.54) is 4.88 Å². The number of thiazole rings is 1. The molecule has 2 rings (SSSR count). The summed E-state index contributed by atoms with van der Waals surface area (Å²) in [5.41, 5.74) is 6.75. The molecule has 2 N–H and O–H groups in total. The Morgan fingerprint density at radius 3 is 2.10 bits per heavy atom. The molecule has 0 aromatic carbocycles. The molecule has 2 heterocycles. The van der Waals surface area contributed by atoms with Gasteiger partial charge in [0.1, 0.15) is 0 Å². The molecule has 1 saturated heterocycles. The van der Waals surface area contributed by atoms with Gasteiger partial charge in [-0.25, -0.2) is 4.98 Å². The van der Waals surface area contributed by atoms with Crippen LogP contribution in [0.15, 0.2) is 0 Å². The first-order valence-corrected chi connectivity index (χ1v) is 8.41. The van der Waals surface area contributed by atoms with Gasteiger partial charge < -0.3 is 15.4 Å². The van der Waals surface area contributed by atoms with Crippen LogP contribution in [0.1, 0.15) is 59.0 Å². The molecule has 0 spiro atoms. The highest BCUT2D eigenvalue weighted by Crippen LogP contribution is 2.37. The van der Waals surface area contributed by atoms with Gasteiger partial charge >= 0.3 is 0 Å². The van der Waals surface area contributed by atoms with Crippen LogP contribution in [0.2, 0.25) is 0 Å². The summed E-state index contributed by atoms with van der Waals surface area (Å²) in [6.45, 7) is 17.4. The highest BCUT2D eigenvalue weighted by molar-refractivity contribution is 7.15. The average molecular weight is 311 g/mol. The molecule has 0 bridgehead atoms. The summed E-state index contributed by atoms with van der Waals surface area (Å²) in [5.74, 6) is 0. The zero-order valence-electron chi connectivity index (χ0n) is 14.4. The summed E-state index contributed by atoms with van der Waals surface area (Å²) in [4.78, 5) is 8.46. The third-order valence-corrected chi connectivity index (χ3v) is 4.69. The van der Waals surface area contributed by atoms with Crippen molar-refractivity contribution in [2.24, 2.45) is 5.73 Å². The molecule has 0 atom stereocenters. The molecule has 1 aromatic heterocycles. The number of aromatic nitrogens is 1. The molecule has 0 aliphatic carbocycles. The summed E-state index contributed by atoms with van der Waals surface area (Å²) < 4.78 is 6.15. The van der Waals surface area contributed by atoms with E-state index in [-0.39, 0.29) is 16.6 Å². The van der Waals surface area contributed by atoms with Gasteiger partial charge in [-0.2, -0.15) is 0 Å². The van der Waals surface area contributed by atoms with Crippen LogP contribution < -0.4 is 10.6 Å². The molecule has 1 aliphatic rings. The Balaban J connectivity index is 2.36. The van der Waals surface area contributed by atoms with E-state index in [0.717, 1.165) is 23.9 Å². The zero-order valence-corrected chi connectivity index (χ0v) is 15.2. The Morgan fingerprint density at radius 1 is 1.19 bits per heavy atom. The number of anilines is 1. The van der Waals surface area contributed by atoms with Crippen molar-refractivity contribution in [2.75, 3.05) is 18.0 Å². The van der Waals surface area contributed by atoms with Gasteiger partial charge in [0.25, 0.3) is 0 Å². The van der Waals surface area contributed by atoms with Gasteiger partial charge in [0.05, 0.1) is 16.9 Å². The maximum atomic E-state index is 6.15. The maximum absolute atomic E-state index is 6.15. The fourth-order valence-corrected chi connectivity index (χ4v) is 4.27. The van der Waals surface area contributed by atoms with Crippen LogP contribution >= 0.6 is 11.3 Å². The number of rotatable bonds is 2. The summed E-state index contributed by atoms with van der Waals surface area (Å²) in [7, 11) is 0. The fourth-order valence-electron chi connectivity index (χ4n) is 3.12. The van der Waals surface area contributed by atoms with Crippen molar-refractivity contribution in [2.45, 2.75) is 71.6 Å². The minimum atomic E-state index is -0.168. The van der Waals surface area contributed by atoms with Crippen molar-refractivity contribution in [3.63, 3.8) is 0 Å². The lowest BCUT2D eigenvalue weighted by Crippen LogP contribution is -2.57. The van der Waals surface area contributed by atoms with Gasteiger partial charge in [0, 0.05) is 29.9 Å². The Kier molecular flexibility index (Phi) is 4.15. The van der Waals surface area contributed by atoms with Crippen LogP contribution in [0, 0.1) is 0 Å². The van der Waals surface area contributed by atoms with Crippen molar-refractivity contribution in [3.05, 3.63) is 10.6 Å². The third-order valence-electron chi connectivity index (χ3n) is 3.55. The highest BCUT2D eigenvalue weighted by atomic mass is 32.1. The van der Waals surface area contributed by atoms with Crippen LogP contribution in [0.4, 0.5) is 5.13 Å². The van der Waals surface area contributed by atoms with E-state index >= 15 is 0 Å². The largest absolute Gasteiger partial charge is 0.366 e. The monoisotopic (exact) mass is 311 g/mol. The number of hydrogen-bond donors (Lipinski definition) is 1. The smallest absolute Gasteiger partial charge is 0.186 e. The van der Waals surface area contributed by atoms with Crippen LogP contribution in [0.25, 0.3) is 0 Å². The SMILES string of the molecule is CC1(C)CN(c2nc(C(C)(C)C)c(CN)s2)CC(C)(C)O1. The molecular formula is C16H29N3OS. The quantitative estimate of drug-likeness (QED) is 0.910. The van der Waals surface area contributed by atoms with Crippen molar-refractivity contribution < 1.29 is 4.74 Å². The molecule has 1 aliphatic heterocycles. The van der Waals surface area contributed by atoms with E-state index in [1.54, 1.807) is 11.3 Å². The summed E-state index contributed by atoms with van der Waals surface area (Å²) in [5, 5.41) is 1.07. The zero-order chi connectivity index (χ0) is 16.1. The molecule has 0 saturated carbocycles. The molecule has 21 heavy (non-hydrogen) atoms. The topological polar surface area (TPSA) is 51.4 Å². The highest BCUT2D eigenvalue weighted by Gasteiger charge is 2.39. The average Bonchev–Trinajstić information content (AvgIpc) is 2.67. The van der Waals surface area contributed by atoms with Crippen molar-refractivity contribution in [3.8, 4) is 0 Å².